The highest BCUT2D eigenvalue weighted by molar-refractivity contribution is 7.80. The minimum Gasteiger partial charge on any atom is -0.393 e. The molecule has 17 heavy (non-hydrogen) atoms. The first-order valence-corrected chi connectivity index (χ1v) is 7.03. The average molecular weight is 270 g/mol. The van der Waals surface area contributed by atoms with Crippen LogP contribution in [0.4, 0.5) is 0 Å². The van der Waals surface area contributed by atoms with Crippen LogP contribution < -0.4 is 11.1 Å². The van der Waals surface area contributed by atoms with E-state index in [-0.39, 0.29) is 22.9 Å². The van der Waals surface area contributed by atoms with Crippen LogP contribution in [0.15, 0.2) is 16.8 Å². The van der Waals surface area contributed by atoms with Crippen molar-refractivity contribution >= 4 is 34.5 Å². The summed E-state index contributed by atoms with van der Waals surface area (Å²) >= 11 is 6.55. The predicted octanol–water partition coefficient (Wildman–Crippen LogP) is 2.63. The van der Waals surface area contributed by atoms with Gasteiger partial charge in [-0.05, 0) is 35.7 Å². The number of thiocarbonyl (C=S) groups is 1. The van der Waals surface area contributed by atoms with Gasteiger partial charge in [-0.25, -0.2) is 0 Å². The molecule has 3 nitrogen and oxygen atoms in total. The summed E-state index contributed by atoms with van der Waals surface area (Å²) in [6.07, 6.45) is 1.60. The Labute approximate surface area is 111 Å². The molecule has 0 aliphatic rings. The van der Waals surface area contributed by atoms with Gasteiger partial charge in [0.2, 0.25) is 5.91 Å². The Morgan fingerprint density at radius 1 is 1.65 bits per heavy atom. The summed E-state index contributed by atoms with van der Waals surface area (Å²) in [5.74, 6) is -0.422. The van der Waals surface area contributed by atoms with Crippen molar-refractivity contribution in [2.24, 2.45) is 11.7 Å². The molecule has 2 unspecified atom stereocenters. The Morgan fingerprint density at radius 2 is 2.35 bits per heavy atom. The second kappa shape index (κ2) is 6.71. The standard InChI is InChI=1S/C12H18N2OS2/c1-3-4-10(11(13)16)12(15)14-8(2)9-5-6-17-7-9/h5-8,10H,3-4H2,1-2H3,(H2,13,16)(H,14,15). The molecule has 0 aromatic carbocycles. The monoisotopic (exact) mass is 270 g/mol. The van der Waals surface area contributed by atoms with Crippen molar-refractivity contribution in [1.29, 1.82) is 0 Å². The van der Waals surface area contributed by atoms with Gasteiger partial charge in [0.1, 0.15) is 0 Å². The Bertz CT molecular complexity index is 376. The Hall–Kier alpha value is -0.940. The maximum atomic E-state index is 12.0. The van der Waals surface area contributed by atoms with Gasteiger partial charge < -0.3 is 11.1 Å². The van der Waals surface area contributed by atoms with Crippen molar-refractivity contribution in [3.05, 3.63) is 22.4 Å². The fraction of sp³-hybridized carbons (Fsp3) is 0.500. The minimum atomic E-state index is -0.351. The minimum absolute atomic E-state index is 0.00227. The van der Waals surface area contributed by atoms with Gasteiger partial charge in [0.05, 0.1) is 16.9 Å². The molecule has 1 amide bonds. The van der Waals surface area contributed by atoms with Gasteiger partial charge in [0.15, 0.2) is 0 Å². The van der Waals surface area contributed by atoms with Crippen molar-refractivity contribution < 1.29 is 4.79 Å². The molecule has 0 aliphatic carbocycles. The van der Waals surface area contributed by atoms with Crippen molar-refractivity contribution in [2.75, 3.05) is 0 Å². The summed E-state index contributed by atoms with van der Waals surface area (Å²) in [5.41, 5.74) is 6.70. The van der Waals surface area contributed by atoms with Crippen molar-refractivity contribution in [3.63, 3.8) is 0 Å². The number of hydrogen-bond donors (Lipinski definition) is 2. The molecule has 0 bridgehead atoms. The zero-order chi connectivity index (χ0) is 12.8. The molecule has 2 atom stereocenters. The number of amides is 1. The van der Waals surface area contributed by atoms with E-state index in [2.05, 4.69) is 5.32 Å². The van der Waals surface area contributed by atoms with E-state index in [0.29, 0.717) is 6.42 Å². The second-order valence-corrected chi connectivity index (χ2v) is 5.28. The van der Waals surface area contributed by atoms with Crippen LogP contribution in [0.2, 0.25) is 0 Å². The van der Waals surface area contributed by atoms with Gasteiger partial charge in [0.25, 0.3) is 0 Å². The SMILES string of the molecule is CCCC(C(=O)NC(C)c1ccsc1)C(N)=S. The number of hydrogen-bond acceptors (Lipinski definition) is 3. The van der Waals surface area contributed by atoms with Gasteiger partial charge in [-0.15, -0.1) is 0 Å². The van der Waals surface area contributed by atoms with Crippen molar-refractivity contribution in [1.82, 2.24) is 5.32 Å². The van der Waals surface area contributed by atoms with Crippen LogP contribution >= 0.6 is 23.6 Å². The number of thiophene rings is 1. The molecule has 0 radical (unpaired) electrons. The predicted molar refractivity (Wildman–Crippen MR) is 76.1 cm³/mol. The molecular weight excluding hydrogens is 252 g/mol. The van der Waals surface area contributed by atoms with Crippen LogP contribution in [0.25, 0.3) is 0 Å². The molecule has 1 aromatic rings. The molecule has 1 aromatic heterocycles. The molecule has 0 spiro atoms. The number of nitrogens with one attached hydrogen (secondary N) is 1. The van der Waals surface area contributed by atoms with E-state index in [1.165, 1.54) is 0 Å². The zero-order valence-corrected chi connectivity index (χ0v) is 11.7. The molecule has 0 saturated carbocycles. The maximum absolute atomic E-state index is 12.0. The van der Waals surface area contributed by atoms with E-state index < -0.39 is 0 Å². The van der Waals surface area contributed by atoms with E-state index in [1.807, 2.05) is 30.7 Å². The highest BCUT2D eigenvalue weighted by Crippen LogP contribution is 2.17. The summed E-state index contributed by atoms with van der Waals surface area (Å²) in [5, 5.41) is 6.97. The normalized spacial score (nSPS) is 14.0. The summed E-state index contributed by atoms with van der Waals surface area (Å²) in [6, 6.07) is 2.01. The molecule has 3 N–H and O–H groups in total. The first kappa shape index (κ1) is 14.1. The van der Waals surface area contributed by atoms with Crippen LogP contribution in [0.5, 0.6) is 0 Å². The Morgan fingerprint density at radius 3 is 2.82 bits per heavy atom. The summed E-state index contributed by atoms with van der Waals surface area (Å²) < 4.78 is 0. The van der Waals surface area contributed by atoms with E-state index in [4.69, 9.17) is 18.0 Å². The quantitative estimate of drug-likeness (QED) is 0.781. The van der Waals surface area contributed by atoms with Crippen LogP contribution in [0, 0.1) is 5.92 Å². The molecule has 1 rings (SSSR count). The second-order valence-electron chi connectivity index (χ2n) is 4.03. The molecule has 5 heteroatoms. The summed E-state index contributed by atoms with van der Waals surface area (Å²) in [4.78, 5) is 12.3. The van der Waals surface area contributed by atoms with Gasteiger partial charge >= 0.3 is 0 Å². The first-order valence-electron chi connectivity index (χ1n) is 5.68. The van der Waals surface area contributed by atoms with E-state index in [9.17, 15) is 4.79 Å². The van der Waals surface area contributed by atoms with Crippen LogP contribution in [0.1, 0.15) is 38.3 Å². The van der Waals surface area contributed by atoms with Crippen LogP contribution in [0.3, 0.4) is 0 Å². The maximum Gasteiger partial charge on any atom is 0.230 e. The van der Waals surface area contributed by atoms with Gasteiger partial charge in [-0.1, -0.05) is 25.6 Å². The third kappa shape index (κ3) is 4.09. The van der Waals surface area contributed by atoms with E-state index >= 15 is 0 Å². The highest BCUT2D eigenvalue weighted by Gasteiger charge is 2.22. The fourth-order valence-electron chi connectivity index (χ4n) is 1.61. The van der Waals surface area contributed by atoms with Gasteiger partial charge in [0, 0.05) is 0 Å². The molecule has 0 saturated heterocycles. The number of nitrogens with two attached hydrogens (primary N) is 1. The molecule has 0 fully saturated rings. The lowest BCUT2D eigenvalue weighted by molar-refractivity contribution is -0.123. The fourth-order valence-corrected chi connectivity index (χ4v) is 2.59. The highest BCUT2D eigenvalue weighted by atomic mass is 32.1. The number of carbonyl (C=O) groups is 1. The topological polar surface area (TPSA) is 55.1 Å². The van der Waals surface area contributed by atoms with Crippen LogP contribution in [-0.2, 0) is 4.79 Å². The smallest absolute Gasteiger partial charge is 0.230 e. The molecule has 1 heterocycles. The largest absolute Gasteiger partial charge is 0.393 e. The first-order chi connectivity index (χ1) is 8.06. The van der Waals surface area contributed by atoms with E-state index in [1.54, 1.807) is 11.3 Å². The lowest BCUT2D eigenvalue weighted by atomic mass is 10.0. The summed E-state index contributed by atoms with van der Waals surface area (Å²) in [6.45, 7) is 3.98. The molecule has 94 valence electrons. The van der Waals surface area contributed by atoms with Crippen molar-refractivity contribution in [3.8, 4) is 0 Å². The lowest BCUT2D eigenvalue weighted by Gasteiger charge is -2.18. The lowest BCUT2D eigenvalue weighted by Crippen LogP contribution is -2.38. The number of rotatable bonds is 6. The van der Waals surface area contributed by atoms with Gasteiger partial charge in [-0.3, -0.25) is 4.79 Å². The third-order valence-corrected chi connectivity index (χ3v) is 3.63. The molecule has 0 aliphatic heterocycles. The van der Waals surface area contributed by atoms with E-state index in [0.717, 1.165) is 12.0 Å². The Kier molecular flexibility index (Phi) is 5.58. The molecular formula is C12H18N2OS2. The Balaban J connectivity index is 2.60. The average Bonchev–Trinajstić information content (AvgIpc) is 2.78. The zero-order valence-electron chi connectivity index (χ0n) is 10.1. The number of carbonyl (C=O) groups excluding carboxylic acids is 1. The van der Waals surface area contributed by atoms with Gasteiger partial charge in [-0.2, -0.15) is 11.3 Å². The summed E-state index contributed by atoms with van der Waals surface area (Å²) in [7, 11) is 0. The van der Waals surface area contributed by atoms with Crippen molar-refractivity contribution in [2.45, 2.75) is 32.7 Å². The van der Waals surface area contributed by atoms with Crippen LogP contribution in [-0.4, -0.2) is 10.9 Å². The third-order valence-electron chi connectivity index (χ3n) is 2.64.